The van der Waals surface area contributed by atoms with Crippen LogP contribution in [0.4, 0.5) is 0 Å². The molecule has 0 amide bonds. The molecule has 0 aromatic carbocycles. The summed E-state index contributed by atoms with van der Waals surface area (Å²) in [6, 6.07) is 0. The predicted molar refractivity (Wildman–Crippen MR) is 38.6 cm³/mol. The van der Waals surface area contributed by atoms with Crippen molar-refractivity contribution in [1.82, 2.24) is 5.16 Å². The second kappa shape index (κ2) is 1.88. The molecule has 0 saturated heterocycles. The molecule has 0 bridgehead atoms. The highest BCUT2D eigenvalue weighted by Crippen LogP contribution is 2.38. The van der Waals surface area contributed by atoms with Crippen LogP contribution in [0.25, 0.3) is 0 Å². The van der Waals surface area contributed by atoms with E-state index in [2.05, 4.69) is 5.16 Å². The zero-order chi connectivity index (χ0) is 7.14. The lowest BCUT2D eigenvalue weighted by molar-refractivity contribution is 0.381. The lowest BCUT2D eigenvalue weighted by atomic mass is 9.92. The molecule has 10 heavy (non-hydrogen) atoms. The molecule has 3 heteroatoms. The van der Waals surface area contributed by atoms with Crippen molar-refractivity contribution in [2.75, 3.05) is 0 Å². The van der Waals surface area contributed by atoms with Gasteiger partial charge in [0.1, 0.15) is 13.6 Å². The summed E-state index contributed by atoms with van der Waals surface area (Å²) in [5.74, 6) is 1.47. The zero-order valence-corrected chi connectivity index (χ0v) is 5.92. The SMILES string of the molecule is [B]c1c(C)noc1C1CC1. The van der Waals surface area contributed by atoms with Crippen molar-refractivity contribution in [1.29, 1.82) is 0 Å². The normalized spacial score (nSPS) is 17.7. The van der Waals surface area contributed by atoms with Gasteiger partial charge in [-0.3, -0.25) is 0 Å². The third-order valence-electron chi connectivity index (χ3n) is 1.88. The van der Waals surface area contributed by atoms with Crippen molar-refractivity contribution >= 4 is 13.3 Å². The van der Waals surface area contributed by atoms with E-state index in [1.807, 2.05) is 6.92 Å². The van der Waals surface area contributed by atoms with Crippen molar-refractivity contribution in [2.45, 2.75) is 25.7 Å². The molecule has 0 N–H and O–H groups in total. The van der Waals surface area contributed by atoms with Gasteiger partial charge in [-0.15, -0.1) is 0 Å². The van der Waals surface area contributed by atoms with Gasteiger partial charge in [-0.25, -0.2) is 0 Å². The second-order valence-electron chi connectivity index (χ2n) is 2.82. The highest BCUT2D eigenvalue weighted by atomic mass is 16.5. The fourth-order valence-electron chi connectivity index (χ4n) is 1.03. The molecule has 0 aliphatic heterocycles. The van der Waals surface area contributed by atoms with Gasteiger partial charge in [0.05, 0.1) is 5.69 Å². The summed E-state index contributed by atoms with van der Waals surface area (Å²) in [6.07, 6.45) is 2.41. The maximum atomic E-state index is 5.69. The lowest BCUT2D eigenvalue weighted by Crippen LogP contribution is -2.07. The smallest absolute Gasteiger partial charge is 0.133 e. The summed E-state index contributed by atoms with van der Waals surface area (Å²) in [6.45, 7) is 1.87. The molecule has 2 nitrogen and oxygen atoms in total. The number of aromatic nitrogens is 1. The Balaban J connectivity index is 2.40. The van der Waals surface area contributed by atoms with Gasteiger partial charge in [0, 0.05) is 5.92 Å². The van der Waals surface area contributed by atoms with E-state index in [0.29, 0.717) is 5.92 Å². The average molecular weight is 133 g/mol. The molecule has 2 radical (unpaired) electrons. The first-order valence-corrected chi connectivity index (χ1v) is 3.50. The third kappa shape index (κ3) is 0.771. The van der Waals surface area contributed by atoms with Gasteiger partial charge >= 0.3 is 0 Å². The van der Waals surface area contributed by atoms with E-state index in [9.17, 15) is 0 Å². The molecule has 0 spiro atoms. The Morgan fingerprint density at radius 2 is 2.30 bits per heavy atom. The first kappa shape index (κ1) is 6.02. The quantitative estimate of drug-likeness (QED) is 0.525. The van der Waals surface area contributed by atoms with E-state index in [1.54, 1.807) is 0 Å². The monoisotopic (exact) mass is 133 g/mol. The Kier molecular flexibility index (Phi) is 1.13. The fourth-order valence-corrected chi connectivity index (χ4v) is 1.03. The highest BCUT2D eigenvalue weighted by Gasteiger charge is 2.29. The molecule has 1 saturated carbocycles. The molecular weight excluding hydrogens is 125 g/mol. The van der Waals surface area contributed by atoms with Crippen molar-refractivity contribution in [3.05, 3.63) is 11.5 Å². The maximum Gasteiger partial charge on any atom is 0.133 e. The number of rotatable bonds is 1. The van der Waals surface area contributed by atoms with Gasteiger partial charge in [-0.2, -0.15) is 0 Å². The maximum absolute atomic E-state index is 5.69. The largest absolute Gasteiger partial charge is 0.362 e. The first-order valence-electron chi connectivity index (χ1n) is 3.50. The zero-order valence-electron chi connectivity index (χ0n) is 5.92. The van der Waals surface area contributed by atoms with E-state index in [1.165, 1.54) is 12.8 Å². The van der Waals surface area contributed by atoms with Crippen LogP contribution in [0.5, 0.6) is 0 Å². The van der Waals surface area contributed by atoms with E-state index >= 15 is 0 Å². The Hall–Kier alpha value is -0.725. The van der Waals surface area contributed by atoms with E-state index < -0.39 is 0 Å². The van der Waals surface area contributed by atoms with Gasteiger partial charge in [0.2, 0.25) is 0 Å². The lowest BCUT2D eigenvalue weighted by Gasteiger charge is -1.89. The van der Waals surface area contributed by atoms with Crippen LogP contribution in [0, 0.1) is 6.92 Å². The van der Waals surface area contributed by atoms with Crippen LogP contribution >= 0.6 is 0 Å². The van der Waals surface area contributed by atoms with Crippen molar-refractivity contribution in [3.8, 4) is 0 Å². The summed E-state index contributed by atoms with van der Waals surface area (Å²) in [7, 11) is 5.69. The predicted octanol–water partition coefficient (Wildman–Crippen LogP) is 0.654. The van der Waals surface area contributed by atoms with Crippen LogP contribution in [0.1, 0.15) is 30.2 Å². The molecule has 0 unspecified atom stereocenters. The molecule has 1 aliphatic rings. The van der Waals surface area contributed by atoms with Crippen molar-refractivity contribution < 1.29 is 4.52 Å². The van der Waals surface area contributed by atoms with Crippen LogP contribution in [0.15, 0.2) is 4.52 Å². The molecule has 0 atom stereocenters. The van der Waals surface area contributed by atoms with Gasteiger partial charge in [-0.1, -0.05) is 5.16 Å². The minimum atomic E-state index is 0.571. The number of hydrogen-bond donors (Lipinski definition) is 0. The Bertz CT molecular complexity index is 252. The topological polar surface area (TPSA) is 26.0 Å². The summed E-state index contributed by atoms with van der Waals surface area (Å²) < 4.78 is 5.04. The molecule has 1 fully saturated rings. The van der Waals surface area contributed by atoms with Crippen LogP contribution in [0.2, 0.25) is 0 Å². The van der Waals surface area contributed by atoms with Crippen molar-refractivity contribution in [2.24, 2.45) is 0 Å². The Morgan fingerprint density at radius 3 is 2.70 bits per heavy atom. The van der Waals surface area contributed by atoms with Gasteiger partial charge in [0.15, 0.2) is 0 Å². The summed E-state index contributed by atoms with van der Waals surface area (Å²) in [5.41, 5.74) is 1.57. The summed E-state index contributed by atoms with van der Waals surface area (Å²) >= 11 is 0. The molecule has 1 aromatic rings. The van der Waals surface area contributed by atoms with Crippen LogP contribution in [-0.2, 0) is 0 Å². The molecule has 1 heterocycles. The molecule has 1 aromatic heterocycles. The standard InChI is InChI=1S/C7H8BNO/c1-4-6(8)7(10-9-4)5-2-3-5/h5H,2-3H2,1H3. The van der Waals surface area contributed by atoms with E-state index in [-0.39, 0.29) is 0 Å². The van der Waals surface area contributed by atoms with E-state index in [0.717, 1.165) is 16.9 Å². The first-order chi connectivity index (χ1) is 4.79. The van der Waals surface area contributed by atoms with E-state index in [4.69, 9.17) is 12.4 Å². The minimum Gasteiger partial charge on any atom is -0.362 e. The summed E-state index contributed by atoms with van der Waals surface area (Å²) in [4.78, 5) is 0. The van der Waals surface area contributed by atoms with Gasteiger partial charge in [-0.05, 0) is 25.2 Å². The average Bonchev–Trinajstić information content (AvgIpc) is 2.67. The Morgan fingerprint density at radius 1 is 1.60 bits per heavy atom. The Labute approximate surface area is 61.0 Å². The molecular formula is C7H8BNO. The van der Waals surface area contributed by atoms with Gasteiger partial charge < -0.3 is 4.52 Å². The second-order valence-corrected chi connectivity index (χ2v) is 2.82. The molecule has 2 rings (SSSR count). The minimum absolute atomic E-state index is 0.571. The van der Waals surface area contributed by atoms with Gasteiger partial charge in [0.25, 0.3) is 0 Å². The number of hydrogen-bond acceptors (Lipinski definition) is 2. The molecule has 50 valence electrons. The van der Waals surface area contributed by atoms with Crippen molar-refractivity contribution in [3.63, 3.8) is 0 Å². The molecule has 1 aliphatic carbocycles. The summed E-state index contributed by atoms with van der Waals surface area (Å²) in [5, 5.41) is 3.78. The number of nitrogens with zero attached hydrogens (tertiary/aromatic N) is 1. The number of aryl methyl sites for hydroxylation is 1. The van der Waals surface area contributed by atoms with Crippen LogP contribution in [0.3, 0.4) is 0 Å². The third-order valence-corrected chi connectivity index (χ3v) is 1.88. The van der Waals surface area contributed by atoms with Crippen LogP contribution in [-0.4, -0.2) is 13.0 Å². The fraction of sp³-hybridized carbons (Fsp3) is 0.571. The van der Waals surface area contributed by atoms with Crippen LogP contribution < -0.4 is 5.46 Å². The highest BCUT2D eigenvalue weighted by molar-refractivity contribution is 6.33.